The van der Waals surface area contributed by atoms with Gasteiger partial charge in [-0.2, -0.15) is 0 Å². The highest BCUT2D eigenvalue weighted by Gasteiger charge is 2.43. The van der Waals surface area contributed by atoms with E-state index in [0.29, 0.717) is 5.92 Å². The van der Waals surface area contributed by atoms with Gasteiger partial charge in [-0.05, 0) is 77.6 Å². The van der Waals surface area contributed by atoms with Crippen molar-refractivity contribution < 1.29 is 0 Å². The lowest BCUT2D eigenvalue weighted by Gasteiger charge is -2.45. The summed E-state index contributed by atoms with van der Waals surface area (Å²) in [4.78, 5) is 4.99. The zero-order valence-electron chi connectivity index (χ0n) is 19.9. The molecule has 7 rings (SSSR count). The van der Waals surface area contributed by atoms with Gasteiger partial charge in [0.25, 0.3) is 6.71 Å². The maximum Gasteiger partial charge on any atom is 0.252 e. The van der Waals surface area contributed by atoms with E-state index in [4.69, 9.17) is 0 Å². The second kappa shape index (κ2) is 8.06. The van der Waals surface area contributed by atoms with Crippen LogP contribution in [0, 0.1) is 5.92 Å². The Labute approximate surface area is 207 Å². The molecule has 2 heterocycles. The van der Waals surface area contributed by atoms with E-state index in [0.717, 1.165) is 6.42 Å². The van der Waals surface area contributed by atoms with Gasteiger partial charge in [0.1, 0.15) is 0 Å². The van der Waals surface area contributed by atoms with Crippen molar-refractivity contribution in [3.8, 4) is 0 Å². The van der Waals surface area contributed by atoms with Crippen molar-refractivity contribution in [3.63, 3.8) is 0 Å². The summed E-state index contributed by atoms with van der Waals surface area (Å²) in [6.07, 6.45) is 9.17. The minimum absolute atomic E-state index is 0.210. The van der Waals surface area contributed by atoms with Crippen LogP contribution in [0.15, 0.2) is 121 Å². The van der Waals surface area contributed by atoms with E-state index in [9.17, 15) is 0 Å². The lowest BCUT2D eigenvalue weighted by molar-refractivity contribution is 0.615. The van der Waals surface area contributed by atoms with Crippen LogP contribution in [0.4, 0.5) is 28.4 Å². The fourth-order valence-corrected chi connectivity index (χ4v) is 6.19. The lowest BCUT2D eigenvalue weighted by atomic mass is 9.33. The first-order chi connectivity index (χ1) is 17.3. The molecule has 4 aromatic rings. The third kappa shape index (κ3) is 3.04. The van der Waals surface area contributed by atoms with E-state index >= 15 is 0 Å². The van der Waals surface area contributed by atoms with Crippen LogP contribution in [-0.4, -0.2) is 6.71 Å². The molecule has 0 N–H and O–H groups in total. The van der Waals surface area contributed by atoms with Crippen LogP contribution >= 0.6 is 0 Å². The van der Waals surface area contributed by atoms with Crippen molar-refractivity contribution in [2.24, 2.45) is 5.92 Å². The van der Waals surface area contributed by atoms with Crippen LogP contribution in [0.2, 0.25) is 0 Å². The highest BCUT2D eigenvalue weighted by atomic mass is 15.2. The van der Waals surface area contributed by atoms with Gasteiger partial charge >= 0.3 is 0 Å². The second-order valence-electron chi connectivity index (χ2n) is 9.77. The third-order valence-electron chi connectivity index (χ3n) is 7.75. The molecule has 4 aromatic carbocycles. The van der Waals surface area contributed by atoms with Crippen molar-refractivity contribution >= 4 is 51.5 Å². The van der Waals surface area contributed by atoms with Gasteiger partial charge in [0, 0.05) is 34.1 Å². The molecule has 0 amide bonds. The first-order valence-corrected chi connectivity index (χ1v) is 12.7. The maximum atomic E-state index is 2.54. The minimum atomic E-state index is 0.210. The summed E-state index contributed by atoms with van der Waals surface area (Å²) in [5, 5.41) is 0. The molecule has 1 aliphatic carbocycles. The van der Waals surface area contributed by atoms with Crippen LogP contribution in [0.3, 0.4) is 0 Å². The normalized spacial score (nSPS) is 17.8. The van der Waals surface area contributed by atoms with Crippen LogP contribution in [0.25, 0.3) is 0 Å². The number of fused-ring (bicyclic) bond motifs is 4. The summed E-state index contributed by atoms with van der Waals surface area (Å²) in [5.74, 6) is 0.478. The first-order valence-electron chi connectivity index (χ1n) is 12.7. The van der Waals surface area contributed by atoms with E-state index in [1.165, 1.54) is 56.9 Å². The average Bonchev–Trinajstić information content (AvgIpc) is 3.13. The molecule has 0 saturated carbocycles. The molecule has 35 heavy (non-hydrogen) atoms. The maximum absolute atomic E-state index is 2.54. The monoisotopic (exact) mass is 450 g/mol. The van der Waals surface area contributed by atoms with Gasteiger partial charge in [-0.25, -0.2) is 0 Å². The lowest BCUT2D eigenvalue weighted by Crippen LogP contribution is -2.61. The van der Waals surface area contributed by atoms with Crippen molar-refractivity contribution in [1.29, 1.82) is 0 Å². The van der Waals surface area contributed by atoms with Gasteiger partial charge in [0.15, 0.2) is 0 Å². The summed E-state index contributed by atoms with van der Waals surface area (Å²) in [7, 11) is 0. The Morgan fingerprint density at radius 1 is 0.657 bits per heavy atom. The molecular weight excluding hydrogens is 423 g/mol. The average molecular weight is 450 g/mol. The fraction of sp³-hybridized carbons (Fsp3) is 0.125. The Bertz CT molecular complexity index is 1490. The molecule has 3 aliphatic rings. The molecule has 0 spiro atoms. The van der Waals surface area contributed by atoms with E-state index in [-0.39, 0.29) is 6.71 Å². The third-order valence-corrected chi connectivity index (χ3v) is 7.75. The Morgan fingerprint density at radius 3 is 2.00 bits per heavy atom. The van der Waals surface area contributed by atoms with Gasteiger partial charge in [-0.3, -0.25) is 0 Å². The van der Waals surface area contributed by atoms with E-state index in [1.54, 1.807) is 0 Å². The Hall–Kier alpha value is -3.98. The van der Waals surface area contributed by atoms with Crippen molar-refractivity contribution in [2.75, 3.05) is 9.80 Å². The highest BCUT2D eigenvalue weighted by Crippen LogP contribution is 2.43. The largest absolute Gasteiger partial charge is 0.315 e. The van der Waals surface area contributed by atoms with Crippen LogP contribution in [0.5, 0.6) is 0 Å². The number of hydrogen-bond acceptors (Lipinski definition) is 2. The van der Waals surface area contributed by atoms with Crippen LogP contribution in [0.1, 0.15) is 19.8 Å². The zero-order valence-corrected chi connectivity index (χ0v) is 19.9. The molecule has 2 nitrogen and oxygen atoms in total. The van der Waals surface area contributed by atoms with Gasteiger partial charge in [0.05, 0.1) is 0 Å². The predicted octanol–water partition coefficient (Wildman–Crippen LogP) is 6.31. The van der Waals surface area contributed by atoms with Gasteiger partial charge < -0.3 is 9.80 Å². The molecule has 0 bridgehead atoms. The number of benzene rings is 4. The van der Waals surface area contributed by atoms with Crippen molar-refractivity contribution in [1.82, 2.24) is 0 Å². The number of anilines is 5. The quantitative estimate of drug-likeness (QED) is 0.291. The molecule has 0 saturated heterocycles. The Morgan fingerprint density at radius 2 is 1.26 bits per heavy atom. The molecule has 3 heteroatoms. The van der Waals surface area contributed by atoms with E-state index in [2.05, 4.69) is 132 Å². The SMILES string of the molecule is CC1CCC=CC=C1N1c2ccccc2B2c3ccccc3N(c3ccccc3)c3cccc1c32. The topological polar surface area (TPSA) is 6.48 Å². The van der Waals surface area contributed by atoms with Crippen LogP contribution in [-0.2, 0) is 0 Å². The predicted molar refractivity (Wildman–Crippen MR) is 150 cm³/mol. The van der Waals surface area contributed by atoms with Crippen LogP contribution < -0.4 is 26.2 Å². The standard InChI is InChI=1S/C32H27BN2/c1-23-13-4-2-7-18-27(23)35-29-20-11-9-17-26(29)33-25-16-8-10-19-28(25)34(24-14-5-3-6-15-24)30-21-12-22-31(35)32(30)33/h2-3,5-12,14-23H,4,13H2,1H3. The zero-order chi connectivity index (χ0) is 23.4. The highest BCUT2D eigenvalue weighted by molar-refractivity contribution is 7.00. The second-order valence-corrected chi connectivity index (χ2v) is 9.77. The van der Waals surface area contributed by atoms with E-state index < -0.39 is 0 Å². The Balaban J connectivity index is 1.55. The van der Waals surface area contributed by atoms with Gasteiger partial charge in [0.2, 0.25) is 0 Å². The molecule has 0 radical (unpaired) electrons. The molecule has 0 fully saturated rings. The number of allylic oxidation sites excluding steroid dienone is 4. The summed E-state index contributed by atoms with van der Waals surface area (Å²) in [5.41, 5.74) is 11.9. The summed E-state index contributed by atoms with van der Waals surface area (Å²) < 4.78 is 0. The Kier molecular flexibility index (Phi) is 4.70. The van der Waals surface area contributed by atoms with Crippen molar-refractivity contribution in [3.05, 3.63) is 121 Å². The number of nitrogens with zero attached hydrogens (tertiary/aromatic N) is 2. The van der Waals surface area contributed by atoms with Crippen molar-refractivity contribution in [2.45, 2.75) is 19.8 Å². The fourth-order valence-electron chi connectivity index (χ4n) is 6.19. The van der Waals surface area contributed by atoms with Gasteiger partial charge in [-0.15, -0.1) is 0 Å². The first kappa shape index (κ1) is 20.4. The molecule has 2 aliphatic heterocycles. The molecule has 168 valence electrons. The molecule has 1 unspecified atom stereocenters. The molecule has 1 atom stereocenters. The molecular formula is C32H27BN2. The number of para-hydroxylation sites is 3. The summed E-state index contributed by atoms with van der Waals surface area (Å²) in [6, 6.07) is 35.6. The number of hydrogen-bond donors (Lipinski definition) is 0. The van der Waals surface area contributed by atoms with E-state index in [1.807, 2.05) is 0 Å². The molecule has 0 aromatic heterocycles. The van der Waals surface area contributed by atoms with Gasteiger partial charge in [-0.1, -0.05) is 79.7 Å². The smallest absolute Gasteiger partial charge is 0.252 e. The number of rotatable bonds is 2. The summed E-state index contributed by atoms with van der Waals surface area (Å²) in [6.45, 7) is 2.58. The summed E-state index contributed by atoms with van der Waals surface area (Å²) >= 11 is 0. The minimum Gasteiger partial charge on any atom is -0.315 e.